The number of carbonyl (C=O) groups is 1. The summed E-state index contributed by atoms with van der Waals surface area (Å²) >= 11 is 0. The highest BCUT2D eigenvalue weighted by Crippen LogP contribution is 2.19. The zero-order valence-electron chi connectivity index (χ0n) is 14.2. The van der Waals surface area contributed by atoms with Gasteiger partial charge in [-0.2, -0.15) is 5.10 Å². The lowest BCUT2D eigenvalue weighted by molar-refractivity contribution is 0.0838. The molecule has 2 rings (SSSR count). The van der Waals surface area contributed by atoms with E-state index >= 15 is 0 Å². The number of halogens is 1. The number of aliphatic hydroxyl groups excluding tert-OH is 1. The summed E-state index contributed by atoms with van der Waals surface area (Å²) in [6, 6.07) is 6.91. The molecule has 0 fully saturated rings. The maximum atomic E-state index is 13.0. The summed E-state index contributed by atoms with van der Waals surface area (Å²) in [4.78, 5) is 12.5. The molecule has 0 radical (unpaired) electrons. The quantitative estimate of drug-likeness (QED) is 0.817. The molecule has 1 aromatic heterocycles. The fourth-order valence-electron chi connectivity index (χ4n) is 2.73. The maximum absolute atomic E-state index is 13.0. The Kier molecular flexibility index (Phi) is 6.09. The fraction of sp³-hybridized carbons (Fsp3) is 0.444. The molecule has 0 saturated heterocycles. The molecule has 0 aliphatic heterocycles. The van der Waals surface area contributed by atoms with Gasteiger partial charge < -0.3 is 10.4 Å². The SMILES string of the molecule is CCC(CC)n1nccc1C(=O)NC(C)C(O)c1ccc(F)cc1. The summed E-state index contributed by atoms with van der Waals surface area (Å²) < 4.78 is 14.7. The van der Waals surface area contributed by atoms with Gasteiger partial charge in [-0.1, -0.05) is 26.0 Å². The van der Waals surface area contributed by atoms with Gasteiger partial charge in [0.2, 0.25) is 0 Å². The number of hydrogen-bond donors (Lipinski definition) is 2. The second-order valence-corrected chi connectivity index (χ2v) is 5.89. The van der Waals surface area contributed by atoms with E-state index in [0.29, 0.717) is 11.3 Å². The predicted molar refractivity (Wildman–Crippen MR) is 90.1 cm³/mol. The van der Waals surface area contributed by atoms with Gasteiger partial charge >= 0.3 is 0 Å². The third kappa shape index (κ3) is 4.00. The minimum absolute atomic E-state index is 0.165. The summed E-state index contributed by atoms with van der Waals surface area (Å²) in [5, 5.41) is 17.4. The molecule has 0 aliphatic rings. The maximum Gasteiger partial charge on any atom is 0.269 e. The van der Waals surface area contributed by atoms with Gasteiger partial charge in [-0.25, -0.2) is 4.39 Å². The number of rotatable bonds is 7. The molecule has 1 aromatic carbocycles. The number of aliphatic hydroxyl groups is 1. The minimum Gasteiger partial charge on any atom is -0.386 e. The average molecular weight is 333 g/mol. The summed E-state index contributed by atoms with van der Waals surface area (Å²) in [7, 11) is 0. The Morgan fingerprint density at radius 2 is 1.88 bits per heavy atom. The number of nitrogens with zero attached hydrogens (tertiary/aromatic N) is 2. The molecular formula is C18H24FN3O2. The van der Waals surface area contributed by atoms with Crippen LogP contribution in [-0.2, 0) is 0 Å². The lowest BCUT2D eigenvalue weighted by Crippen LogP contribution is -2.38. The Bertz CT molecular complexity index is 665. The Balaban J connectivity index is 2.09. The molecule has 0 aliphatic carbocycles. The van der Waals surface area contributed by atoms with Crippen molar-refractivity contribution in [3.8, 4) is 0 Å². The number of amides is 1. The monoisotopic (exact) mass is 333 g/mol. The van der Waals surface area contributed by atoms with Crippen molar-refractivity contribution in [1.29, 1.82) is 0 Å². The van der Waals surface area contributed by atoms with Crippen LogP contribution in [0.1, 0.15) is 61.8 Å². The summed E-state index contributed by atoms with van der Waals surface area (Å²) in [5.41, 5.74) is 1.03. The van der Waals surface area contributed by atoms with Crippen LogP contribution in [0.5, 0.6) is 0 Å². The normalized spacial score (nSPS) is 13.8. The van der Waals surface area contributed by atoms with Gasteiger partial charge in [0, 0.05) is 6.20 Å². The number of aromatic nitrogens is 2. The molecule has 0 spiro atoms. The van der Waals surface area contributed by atoms with Gasteiger partial charge in [-0.3, -0.25) is 9.48 Å². The van der Waals surface area contributed by atoms with Gasteiger partial charge in [0.15, 0.2) is 0 Å². The number of carbonyl (C=O) groups excluding carboxylic acids is 1. The molecule has 2 unspecified atom stereocenters. The van der Waals surface area contributed by atoms with Crippen LogP contribution in [0.3, 0.4) is 0 Å². The predicted octanol–water partition coefficient (Wildman–Crippen LogP) is 3.24. The van der Waals surface area contributed by atoms with Crippen LogP contribution in [0.2, 0.25) is 0 Å². The average Bonchev–Trinajstić information content (AvgIpc) is 3.05. The van der Waals surface area contributed by atoms with E-state index in [9.17, 15) is 14.3 Å². The second-order valence-electron chi connectivity index (χ2n) is 5.89. The van der Waals surface area contributed by atoms with E-state index in [-0.39, 0.29) is 17.8 Å². The van der Waals surface area contributed by atoms with Gasteiger partial charge in [0.25, 0.3) is 5.91 Å². The standard InChI is InChI=1S/C18H24FN3O2/c1-4-15(5-2)22-16(10-11-20-22)18(24)21-12(3)17(23)13-6-8-14(19)9-7-13/h6-12,15,17,23H,4-5H2,1-3H3,(H,21,24). The molecule has 2 N–H and O–H groups in total. The third-order valence-electron chi connectivity index (χ3n) is 4.24. The fourth-order valence-corrected chi connectivity index (χ4v) is 2.73. The second kappa shape index (κ2) is 8.06. The van der Waals surface area contributed by atoms with Crippen LogP contribution < -0.4 is 5.32 Å². The van der Waals surface area contributed by atoms with Gasteiger partial charge in [-0.05, 0) is 43.5 Å². The summed E-state index contributed by atoms with van der Waals surface area (Å²) in [6.07, 6.45) is 2.45. The molecule has 5 nitrogen and oxygen atoms in total. The first-order valence-corrected chi connectivity index (χ1v) is 8.25. The van der Waals surface area contributed by atoms with E-state index in [0.717, 1.165) is 12.8 Å². The molecule has 1 amide bonds. The first kappa shape index (κ1) is 18.1. The zero-order chi connectivity index (χ0) is 17.7. The molecular weight excluding hydrogens is 309 g/mol. The third-order valence-corrected chi connectivity index (χ3v) is 4.24. The van der Waals surface area contributed by atoms with Crippen molar-refractivity contribution in [2.75, 3.05) is 0 Å². The van der Waals surface area contributed by atoms with Crippen LogP contribution in [-0.4, -0.2) is 26.8 Å². The van der Waals surface area contributed by atoms with E-state index in [1.54, 1.807) is 23.9 Å². The number of nitrogens with one attached hydrogen (secondary N) is 1. The molecule has 6 heteroatoms. The summed E-state index contributed by atoms with van der Waals surface area (Å²) in [5.74, 6) is -0.648. The Morgan fingerprint density at radius 3 is 2.46 bits per heavy atom. The lowest BCUT2D eigenvalue weighted by atomic mass is 10.0. The molecule has 24 heavy (non-hydrogen) atoms. The molecule has 2 atom stereocenters. The van der Waals surface area contributed by atoms with Crippen molar-refractivity contribution in [1.82, 2.24) is 15.1 Å². The first-order valence-electron chi connectivity index (χ1n) is 8.25. The summed E-state index contributed by atoms with van der Waals surface area (Å²) in [6.45, 7) is 5.82. The highest BCUT2D eigenvalue weighted by atomic mass is 19.1. The Morgan fingerprint density at radius 1 is 1.25 bits per heavy atom. The topological polar surface area (TPSA) is 67.2 Å². The van der Waals surface area contributed by atoms with Crippen LogP contribution in [0.15, 0.2) is 36.5 Å². The molecule has 2 aromatic rings. The largest absolute Gasteiger partial charge is 0.386 e. The van der Waals surface area contributed by atoms with Crippen LogP contribution in [0.4, 0.5) is 4.39 Å². The highest BCUT2D eigenvalue weighted by Gasteiger charge is 2.22. The van der Waals surface area contributed by atoms with E-state index in [4.69, 9.17) is 0 Å². The van der Waals surface area contributed by atoms with Crippen molar-refractivity contribution in [2.24, 2.45) is 0 Å². The molecule has 1 heterocycles. The molecule has 0 bridgehead atoms. The zero-order valence-corrected chi connectivity index (χ0v) is 14.2. The van der Waals surface area contributed by atoms with Crippen molar-refractivity contribution in [3.05, 3.63) is 53.6 Å². The Labute approximate surface area is 141 Å². The van der Waals surface area contributed by atoms with E-state index < -0.39 is 12.1 Å². The van der Waals surface area contributed by atoms with Crippen molar-refractivity contribution in [2.45, 2.75) is 51.8 Å². The highest BCUT2D eigenvalue weighted by molar-refractivity contribution is 5.92. The Hall–Kier alpha value is -2.21. The van der Waals surface area contributed by atoms with Gasteiger partial charge in [-0.15, -0.1) is 0 Å². The van der Waals surface area contributed by atoms with Crippen LogP contribution >= 0.6 is 0 Å². The smallest absolute Gasteiger partial charge is 0.269 e. The minimum atomic E-state index is -0.918. The van der Waals surface area contributed by atoms with Crippen molar-refractivity contribution < 1.29 is 14.3 Å². The number of benzene rings is 1. The number of hydrogen-bond acceptors (Lipinski definition) is 3. The van der Waals surface area contributed by atoms with Crippen molar-refractivity contribution in [3.63, 3.8) is 0 Å². The van der Waals surface area contributed by atoms with Gasteiger partial charge in [0.1, 0.15) is 11.5 Å². The molecule has 130 valence electrons. The lowest BCUT2D eigenvalue weighted by Gasteiger charge is -2.22. The van der Waals surface area contributed by atoms with Crippen LogP contribution in [0.25, 0.3) is 0 Å². The molecule has 0 saturated carbocycles. The van der Waals surface area contributed by atoms with E-state index in [1.165, 1.54) is 24.3 Å². The van der Waals surface area contributed by atoms with Gasteiger partial charge in [0.05, 0.1) is 18.2 Å². The van der Waals surface area contributed by atoms with E-state index in [2.05, 4.69) is 24.3 Å². The first-order chi connectivity index (χ1) is 11.5. The van der Waals surface area contributed by atoms with Crippen molar-refractivity contribution >= 4 is 5.91 Å². The van der Waals surface area contributed by atoms with E-state index in [1.807, 2.05) is 0 Å². The van der Waals surface area contributed by atoms with Crippen LogP contribution in [0, 0.1) is 5.82 Å².